The zero-order valence-electron chi connectivity index (χ0n) is 20.9. The van der Waals surface area contributed by atoms with Gasteiger partial charge < -0.3 is 25.6 Å². The van der Waals surface area contributed by atoms with E-state index in [0.717, 1.165) is 16.7 Å². The molecule has 0 heterocycles. The predicted molar refractivity (Wildman–Crippen MR) is 134 cm³/mol. The number of carbonyl (C=O) groups is 4. The summed E-state index contributed by atoms with van der Waals surface area (Å²) >= 11 is 0. The molecule has 0 aromatic heterocycles. The molecule has 0 fully saturated rings. The Morgan fingerprint density at radius 1 is 0.972 bits per heavy atom. The number of rotatable bonds is 12. The topological polar surface area (TPSA) is 145 Å². The Kier molecular flexibility index (Phi) is 10.5. The van der Waals surface area contributed by atoms with Gasteiger partial charge in [0.2, 0.25) is 5.91 Å². The second-order valence-electron chi connectivity index (χ2n) is 9.48. The van der Waals surface area contributed by atoms with Gasteiger partial charge in [0, 0.05) is 12.8 Å². The highest BCUT2D eigenvalue weighted by Gasteiger charge is 2.28. The standard InChI is InChI=1S/C27H34N2O7/c1-27(2,3)36-26(34)29-22(10-7-11-24(31)32)25(33)35-21(17-23(28)30)16-18-12-14-20(15-13-18)19-8-5-4-6-9-19/h4-6,8-9,12-15,21-22H,7,10-11,16-17H2,1-3H3,(H2,28,30)(H,29,34)(H,31,32)/t21-,22-/m0/s1. The van der Waals surface area contributed by atoms with Crippen LogP contribution in [0.1, 0.15) is 52.0 Å². The zero-order valence-corrected chi connectivity index (χ0v) is 20.9. The van der Waals surface area contributed by atoms with Crippen LogP contribution < -0.4 is 11.1 Å². The van der Waals surface area contributed by atoms with Crippen LogP contribution in [0.2, 0.25) is 0 Å². The molecule has 194 valence electrons. The Morgan fingerprint density at radius 3 is 2.14 bits per heavy atom. The van der Waals surface area contributed by atoms with Crippen molar-refractivity contribution >= 4 is 23.9 Å². The molecular formula is C27H34N2O7. The van der Waals surface area contributed by atoms with Crippen molar-refractivity contribution in [3.8, 4) is 11.1 Å². The average molecular weight is 499 g/mol. The summed E-state index contributed by atoms with van der Waals surface area (Å²) in [6.07, 6.45) is -1.69. The maximum Gasteiger partial charge on any atom is 0.408 e. The van der Waals surface area contributed by atoms with E-state index in [-0.39, 0.29) is 32.1 Å². The molecule has 0 saturated carbocycles. The number of hydrogen-bond acceptors (Lipinski definition) is 6. The molecule has 4 N–H and O–H groups in total. The molecule has 0 aliphatic carbocycles. The van der Waals surface area contributed by atoms with Gasteiger partial charge in [-0.25, -0.2) is 9.59 Å². The lowest BCUT2D eigenvalue weighted by molar-refractivity contribution is -0.153. The van der Waals surface area contributed by atoms with E-state index in [4.69, 9.17) is 20.3 Å². The van der Waals surface area contributed by atoms with Crippen LogP contribution in [0.3, 0.4) is 0 Å². The van der Waals surface area contributed by atoms with E-state index in [2.05, 4.69) is 5.32 Å². The van der Waals surface area contributed by atoms with E-state index < -0.39 is 41.7 Å². The highest BCUT2D eigenvalue weighted by molar-refractivity contribution is 5.82. The molecule has 0 aliphatic rings. The molecule has 2 aromatic carbocycles. The van der Waals surface area contributed by atoms with Crippen LogP contribution in [-0.4, -0.2) is 46.8 Å². The summed E-state index contributed by atoms with van der Waals surface area (Å²) in [5, 5.41) is 11.4. The van der Waals surface area contributed by atoms with Crippen molar-refractivity contribution in [2.45, 2.75) is 70.6 Å². The number of primary amides is 1. The smallest absolute Gasteiger partial charge is 0.408 e. The minimum atomic E-state index is -1.14. The summed E-state index contributed by atoms with van der Waals surface area (Å²) in [7, 11) is 0. The Morgan fingerprint density at radius 2 is 1.58 bits per heavy atom. The Hall–Kier alpha value is -3.88. The van der Waals surface area contributed by atoms with Gasteiger partial charge in [-0.05, 0) is 50.3 Å². The summed E-state index contributed by atoms with van der Waals surface area (Å²) < 4.78 is 10.8. The fourth-order valence-corrected chi connectivity index (χ4v) is 3.51. The third-order valence-corrected chi connectivity index (χ3v) is 5.10. The Labute approximate surface area is 211 Å². The second kappa shape index (κ2) is 13.3. The van der Waals surface area contributed by atoms with Gasteiger partial charge in [0.25, 0.3) is 0 Å². The SMILES string of the molecule is CC(C)(C)OC(=O)N[C@@H](CCCC(=O)O)C(=O)O[C@H](CC(N)=O)Cc1ccc(-c2ccccc2)cc1. The number of benzene rings is 2. The number of ether oxygens (including phenoxy) is 2. The van der Waals surface area contributed by atoms with E-state index in [1.165, 1.54) is 0 Å². The Balaban J connectivity index is 2.11. The van der Waals surface area contributed by atoms with Crippen molar-refractivity contribution in [3.63, 3.8) is 0 Å². The molecule has 9 heteroatoms. The quantitative estimate of drug-likeness (QED) is 0.377. The fraction of sp³-hybridized carbons (Fsp3) is 0.407. The van der Waals surface area contributed by atoms with E-state index in [0.29, 0.717) is 0 Å². The molecule has 36 heavy (non-hydrogen) atoms. The van der Waals surface area contributed by atoms with Crippen molar-refractivity contribution in [1.82, 2.24) is 5.32 Å². The first kappa shape index (κ1) is 28.4. The van der Waals surface area contributed by atoms with E-state index in [1.807, 2.05) is 54.6 Å². The van der Waals surface area contributed by atoms with Gasteiger partial charge >= 0.3 is 18.0 Å². The van der Waals surface area contributed by atoms with Crippen LogP contribution in [0.5, 0.6) is 0 Å². The number of carbonyl (C=O) groups excluding carboxylic acids is 3. The number of carboxylic acids is 1. The first-order valence-corrected chi connectivity index (χ1v) is 11.8. The van der Waals surface area contributed by atoms with E-state index in [9.17, 15) is 19.2 Å². The minimum absolute atomic E-state index is 0.0272. The van der Waals surface area contributed by atoms with Gasteiger partial charge in [0.05, 0.1) is 6.42 Å². The lowest BCUT2D eigenvalue weighted by Gasteiger charge is -2.24. The maximum absolute atomic E-state index is 12.9. The number of alkyl carbamates (subject to hydrolysis) is 1. The van der Waals surface area contributed by atoms with E-state index >= 15 is 0 Å². The molecule has 9 nitrogen and oxygen atoms in total. The molecular weight excluding hydrogens is 464 g/mol. The first-order chi connectivity index (χ1) is 16.9. The molecule has 2 atom stereocenters. The van der Waals surface area contributed by atoms with Gasteiger partial charge in [-0.2, -0.15) is 0 Å². The fourth-order valence-electron chi connectivity index (χ4n) is 3.51. The summed E-state index contributed by atoms with van der Waals surface area (Å²) in [6.45, 7) is 5.03. The summed E-state index contributed by atoms with van der Waals surface area (Å²) in [6, 6.07) is 16.3. The minimum Gasteiger partial charge on any atom is -0.481 e. The lowest BCUT2D eigenvalue weighted by Crippen LogP contribution is -2.45. The van der Waals surface area contributed by atoms with Gasteiger partial charge in [-0.15, -0.1) is 0 Å². The third-order valence-electron chi connectivity index (χ3n) is 5.10. The molecule has 0 saturated heterocycles. The number of carboxylic acid groups (broad SMARTS) is 1. The maximum atomic E-state index is 12.9. The second-order valence-corrected chi connectivity index (χ2v) is 9.48. The zero-order chi connectivity index (χ0) is 26.7. The molecule has 0 bridgehead atoms. The number of esters is 1. The van der Waals surface area contributed by atoms with Crippen molar-refractivity contribution in [3.05, 3.63) is 60.2 Å². The summed E-state index contributed by atoms with van der Waals surface area (Å²) in [4.78, 5) is 47.7. The Bertz CT molecular complexity index is 1030. The summed E-state index contributed by atoms with van der Waals surface area (Å²) in [5.74, 6) is -2.46. The van der Waals surface area contributed by atoms with Crippen LogP contribution >= 0.6 is 0 Å². The van der Waals surface area contributed by atoms with Crippen LogP contribution in [-0.2, 0) is 30.3 Å². The number of nitrogens with two attached hydrogens (primary N) is 1. The van der Waals surface area contributed by atoms with Crippen molar-refractivity contribution in [2.24, 2.45) is 5.73 Å². The molecule has 0 aliphatic heterocycles. The number of amides is 2. The van der Waals surface area contributed by atoms with Crippen molar-refractivity contribution in [2.75, 3.05) is 0 Å². The molecule has 0 unspecified atom stereocenters. The highest BCUT2D eigenvalue weighted by Crippen LogP contribution is 2.21. The largest absolute Gasteiger partial charge is 0.481 e. The molecule has 2 amide bonds. The normalized spacial score (nSPS) is 12.8. The van der Waals surface area contributed by atoms with E-state index in [1.54, 1.807) is 20.8 Å². The van der Waals surface area contributed by atoms with Crippen LogP contribution in [0, 0.1) is 0 Å². The predicted octanol–water partition coefficient (Wildman–Crippen LogP) is 3.83. The number of nitrogens with one attached hydrogen (secondary N) is 1. The monoisotopic (exact) mass is 498 g/mol. The highest BCUT2D eigenvalue weighted by atomic mass is 16.6. The van der Waals surface area contributed by atoms with Crippen LogP contribution in [0.25, 0.3) is 11.1 Å². The molecule has 0 spiro atoms. The molecule has 2 aromatic rings. The van der Waals surface area contributed by atoms with Gasteiger partial charge in [-0.3, -0.25) is 9.59 Å². The average Bonchev–Trinajstić information content (AvgIpc) is 2.77. The van der Waals surface area contributed by atoms with Crippen LogP contribution in [0.15, 0.2) is 54.6 Å². The number of aliphatic carboxylic acids is 1. The third kappa shape index (κ3) is 10.6. The van der Waals surface area contributed by atoms with Gasteiger partial charge in [0.15, 0.2) is 0 Å². The first-order valence-electron chi connectivity index (χ1n) is 11.8. The van der Waals surface area contributed by atoms with Crippen molar-refractivity contribution < 1.29 is 33.8 Å². The van der Waals surface area contributed by atoms with Gasteiger partial charge in [-0.1, -0.05) is 54.6 Å². The van der Waals surface area contributed by atoms with Gasteiger partial charge in [0.1, 0.15) is 17.7 Å². The van der Waals surface area contributed by atoms with Crippen LogP contribution in [0.4, 0.5) is 4.79 Å². The molecule has 0 radical (unpaired) electrons. The molecule has 2 rings (SSSR count). The van der Waals surface area contributed by atoms with Crippen molar-refractivity contribution in [1.29, 1.82) is 0 Å². The summed E-state index contributed by atoms with van der Waals surface area (Å²) in [5.41, 5.74) is 7.49. The lowest BCUT2D eigenvalue weighted by atomic mass is 10.0. The number of hydrogen-bond donors (Lipinski definition) is 3.